The van der Waals surface area contributed by atoms with Crippen LogP contribution in [0, 0.1) is 0 Å². The second-order valence-electron chi connectivity index (χ2n) is 9.30. The molecule has 0 spiro atoms. The van der Waals surface area contributed by atoms with Crippen molar-refractivity contribution in [2.45, 2.75) is 49.3 Å². The molecule has 0 unspecified atom stereocenters. The molecule has 1 saturated heterocycles. The molecular formula is C25H35N5O3S. The standard InChI is InChI=1S/C25H35N5O3S/c1-29-15-17-30(18-16-29)24-12-9-22(19-26-24)28-25(31)13-14-27-34(32,33)23-10-7-21(8-11-23)20-5-3-2-4-6-20/h7-12,19-20,27H,2-6,13-18H2,1H3,(H,28,31). The van der Waals surface area contributed by atoms with Crippen LogP contribution in [0.15, 0.2) is 47.5 Å². The highest BCUT2D eigenvalue weighted by atomic mass is 32.2. The van der Waals surface area contributed by atoms with Crippen LogP contribution < -0.4 is 14.9 Å². The van der Waals surface area contributed by atoms with Crippen LogP contribution in [0.3, 0.4) is 0 Å². The van der Waals surface area contributed by atoms with Gasteiger partial charge in [-0.1, -0.05) is 31.4 Å². The van der Waals surface area contributed by atoms with Crippen molar-refractivity contribution in [2.24, 2.45) is 0 Å². The molecule has 9 heteroatoms. The van der Waals surface area contributed by atoms with E-state index in [0.717, 1.165) is 32.0 Å². The number of likely N-dealkylation sites (N-methyl/N-ethyl adjacent to an activating group) is 1. The van der Waals surface area contributed by atoms with Gasteiger partial charge < -0.3 is 15.1 Å². The second kappa shape index (κ2) is 11.3. The predicted octanol–water partition coefficient (Wildman–Crippen LogP) is 3.19. The number of hydrogen-bond donors (Lipinski definition) is 2. The first-order valence-corrected chi connectivity index (χ1v) is 13.7. The summed E-state index contributed by atoms with van der Waals surface area (Å²) >= 11 is 0. The fourth-order valence-electron chi connectivity index (χ4n) is 4.64. The van der Waals surface area contributed by atoms with Crippen LogP contribution >= 0.6 is 0 Å². The number of sulfonamides is 1. The Morgan fingerprint density at radius 3 is 2.35 bits per heavy atom. The summed E-state index contributed by atoms with van der Waals surface area (Å²) in [5.41, 5.74) is 1.81. The van der Waals surface area contributed by atoms with Crippen LogP contribution in [-0.4, -0.2) is 64.0 Å². The Balaban J connectivity index is 1.23. The fraction of sp³-hybridized carbons (Fsp3) is 0.520. The van der Waals surface area contributed by atoms with Crippen molar-refractivity contribution >= 4 is 27.4 Å². The number of carbonyl (C=O) groups excluding carboxylic acids is 1. The molecule has 0 radical (unpaired) electrons. The lowest BCUT2D eigenvalue weighted by Crippen LogP contribution is -2.44. The van der Waals surface area contributed by atoms with Crippen LogP contribution in [0.2, 0.25) is 0 Å². The van der Waals surface area contributed by atoms with Gasteiger partial charge in [-0.3, -0.25) is 4.79 Å². The average Bonchev–Trinajstić information content (AvgIpc) is 2.85. The van der Waals surface area contributed by atoms with Gasteiger partial charge in [0, 0.05) is 39.1 Å². The number of amides is 1. The number of anilines is 2. The van der Waals surface area contributed by atoms with Crippen molar-refractivity contribution in [1.29, 1.82) is 0 Å². The summed E-state index contributed by atoms with van der Waals surface area (Å²) in [6, 6.07) is 10.9. The van der Waals surface area contributed by atoms with Crippen LogP contribution in [0.1, 0.15) is 50.0 Å². The molecule has 0 bridgehead atoms. The van der Waals surface area contributed by atoms with Crippen molar-refractivity contribution in [3.05, 3.63) is 48.2 Å². The molecule has 2 N–H and O–H groups in total. The highest BCUT2D eigenvalue weighted by molar-refractivity contribution is 7.89. The van der Waals surface area contributed by atoms with Gasteiger partial charge in [0.05, 0.1) is 16.8 Å². The average molecular weight is 486 g/mol. The highest BCUT2D eigenvalue weighted by Gasteiger charge is 2.19. The third-order valence-electron chi connectivity index (χ3n) is 6.77. The zero-order valence-corrected chi connectivity index (χ0v) is 20.7. The largest absolute Gasteiger partial charge is 0.354 e. The van der Waals surface area contributed by atoms with Gasteiger partial charge in [-0.2, -0.15) is 0 Å². The number of benzene rings is 1. The van der Waals surface area contributed by atoms with E-state index in [1.54, 1.807) is 18.3 Å². The van der Waals surface area contributed by atoms with Gasteiger partial charge in [0.15, 0.2) is 0 Å². The van der Waals surface area contributed by atoms with Crippen LogP contribution in [0.25, 0.3) is 0 Å². The van der Waals surface area contributed by atoms with E-state index in [1.807, 2.05) is 24.3 Å². The number of nitrogens with zero attached hydrogens (tertiary/aromatic N) is 3. The van der Waals surface area contributed by atoms with Crippen LogP contribution in [0.5, 0.6) is 0 Å². The first-order valence-electron chi connectivity index (χ1n) is 12.2. The number of piperazine rings is 1. The van der Waals surface area contributed by atoms with E-state index in [-0.39, 0.29) is 23.8 Å². The molecule has 1 aliphatic heterocycles. The molecule has 0 atom stereocenters. The quantitative estimate of drug-likeness (QED) is 0.596. The molecule has 34 heavy (non-hydrogen) atoms. The van der Waals surface area contributed by atoms with Gasteiger partial charge in [-0.15, -0.1) is 0 Å². The topological polar surface area (TPSA) is 94.6 Å². The van der Waals surface area contributed by atoms with Gasteiger partial charge in [-0.25, -0.2) is 18.1 Å². The van der Waals surface area contributed by atoms with Gasteiger partial charge in [0.2, 0.25) is 15.9 Å². The van der Waals surface area contributed by atoms with Gasteiger partial charge in [0.1, 0.15) is 5.82 Å². The Hall–Kier alpha value is -2.49. The lowest BCUT2D eigenvalue weighted by atomic mass is 9.84. The predicted molar refractivity (Wildman–Crippen MR) is 135 cm³/mol. The maximum atomic E-state index is 12.6. The van der Waals surface area contributed by atoms with Crippen molar-refractivity contribution in [3.8, 4) is 0 Å². The van der Waals surface area contributed by atoms with E-state index in [4.69, 9.17) is 0 Å². The number of rotatable bonds is 8. The maximum Gasteiger partial charge on any atom is 0.240 e. The number of carbonyl (C=O) groups is 1. The molecule has 2 aliphatic rings. The molecule has 4 rings (SSSR count). The summed E-state index contributed by atoms with van der Waals surface area (Å²) in [6.07, 6.45) is 7.80. The smallest absolute Gasteiger partial charge is 0.240 e. The molecule has 8 nitrogen and oxygen atoms in total. The molecule has 1 amide bonds. The molecule has 1 aromatic heterocycles. The molecular weight excluding hydrogens is 450 g/mol. The normalized spacial score (nSPS) is 18.1. The fourth-order valence-corrected chi connectivity index (χ4v) is 5.68. The third-order valence-corrected chi connectivity index (χ3v) is 8.25. The van der Waals surface area contributed by atoms with Gasteiger partial charge >= 0.3 is 0 Å². The summed E-state index contributed by atoms with van der Waals surface area (Å²) < 4.78 is 27.7. The number of pyridine rings is 1. The zero-order chi connectivity index (χ0) is 24.0. The van der Waals surface area contributed by atoms with E-state index in [0.29, 0.717) is 11.6 Å². The molecule has 2 heterocycles. The molecule has 1 aliphatic carbocycles. The Bertz CT molecular complexity index is 1040. The summed E-state index contributed by atoms with van der Waals surface area (Å²) in [5, 5.41) is 2.79. The minimum Gasteiger partial charge on any atom is -0.354 e. The first-order chi connectivity index (χ1) is 16.4. The Morgan fingerprint density at radius 2 is 1.71 bits per heavy atom. The number of aromatic nitrogens is 1. The lowest BCUT2D eigenvalue weighted by Gasteiger charge is -2.33. The maximum absolute atomic E-state index is 12.6. The zero-order valence-electron chi connectivity index (χ0n) is 19.9. The highest BCUT2D eigenvalue weighted by Crippen LogP contribution is 2.32. The third kappa shape index (κ3) is 6.55. The van der Waals surface area contributed by atoms with E-state index in [9.17, 15) is 13.2 Å². The van der Waals surface area contributed by atoms with Crippen molar-refractivity contribution in [2.75, 3.05) is 50.0 Å². The number of nitrogens with one attached hydrogen (secondary N) is 2. The van der Waals surface area contributed by atoms with E-state index in [1.165, 1.54) is 37.7 Å². The molecule has 1 saturated carbocycles. The lowest BCUT2D eigenvalue weighted by molar-refractivity contribution is -0.116. The molecule has 184 valence electrons. The molecule has 2 aromatic rings. The first kappa shape index (κ1) is 24.6. The Kier molecular flexibility index (Phi) is 8.18. The minimum absolute atomic E-state index is 0.0331. The number of hydrogen-bond acceptors (Lipinski definition) is 6. The summed E-state index contributed by atoms with van der Waals surface area (Å²) in [7, 11) is -1.54. The van der Waals surface area contributed by atoms with E-state index in [2.05, 4.69) is 31.9 Å². The van der Waals surface area contributed by atoms with Crippen LogP contribution in [0.4, 0.5) is 11.5 Å². The second-order valence-corrected chi connectivity index (χ2v) is 11.1. The van der Waals surface area contributed by atoms with Gasteiger partial charge in [0.25, 0.3) is 0 Å². The van der Waals surface area contributed by atoms with Crippen molar-refractivity contribution in [1.82, 2.24) is 14.6 Å². The van der Waals surface area contributed by atoms with Gasteiger partial charge in [-0.05, 0) is 55.6 Å². The Labute approximate surface area is 202 Å². The monoisotopic (exact) mass is 485 g/mol. The minimum atomic E-state index is -3.65. The van der Waals surface area contributed by atoms with E-state index < -0.39 is 10.0 Å². The van der Waals surface area contributed by atoms with E-state index >= 15 is 0 Å². The summed E-state index contributed by atoms with van der Waals surface area (Å²) in [4.78, 5) is 21.5. The summed E-state index contributed by atoms with van der Waals surface area (Å²) in [5.74, 6) is 1.17. The van der Waals surface area contributed by atoms with Crippen molar-refractivity contribution in [3.63, 3.8) is 0 Å². The summed E-state index contributed by atoms with van der Waals surface area (Å²) in [6.45, 7) is 3.89. The van der Waals surface area contributed by atoms with Crippen molar-refractivity contribution < 1.29 is 13.2 Å². The SMILES string of the molecule is CN1CCN(c2ccc(NC(=O)CCNS(=O)(=O)c3ccc(C4CCCCC4)cc3)cn2)CC1. The Morgan fingerprint density at radius 1 is 1.00 bits per heavy atom. The molecule has 1 aromatic carbocycles. The molecule has 2 fully saturated rings. The van der Waals surface area contributed by atoms with Crippen LogP contribution in [-0.2, 0) is 14.8 Å².